The van der Waals surface area contributed by atoms with E-state index in [2.05, 4.69) is 25.5 Å². The predicted molar refractivity (Wildman–Crippen MR) is 115 cm³/mol. The fourth-order valence-electron chi connectivity index (χ4n) is 3.91. The number of hydrogen-bond donors (Lipinski definition) is 0. The van der Waals surface area contributed by atoms with Gasteiger partial charge in [-0.2, -0.15) is 5.10 Å². The Morgan fingerprint density at radius 2 is 1.90 bits per heavy atom. The zero-order valence-corrected chi connectivity index (χ0v) is 17.4. The second-order valence-corrected chi connectivity index (χ2v) is 7.26. The van der Waals surface area contributed by atoms with E-state index in [4.69, 9.17) is 4.74 Å². The summed E-state index contributed by atoms with van der Waals surface area (Å²) >= 11 is 0. The van der Waals surface area contributed by atoms with Gasteiger partial charge in [-0.1, -0.05) is 17.3 Å². The summed E-state index contributed by atoms with van der Waals surface area (Å²) < 4.78 is 24.1. The van der Waals surface area contributed by atoms with Crippen molar-refractivity contribution >= 4 is 22.2 Å². The van der Waals surface area contributed by atoms with Gasteiger partial charge in [-0.15, -0.1) is 10.2 Å². The second kappa shape index (κ2) is 7.51. The molecular formula is C22H20FN7O. The maximum absolute atomic E-state index is 15.0. The first-order valence-electron chi connectivity index (χ1n) is 9.89. The summed E-state index contributed by atoms with van der Waals surface area (Å²) in [5, 5.41) is 16.7. The fourth-order valence-corrected chi connectivity index (χ4v) is 3.91. The Labute approximate surface area is 177 Å². The normalized spacial score (nSPS) is 11.6. The highest BCUT2D eigenvalue weighted by Crippen LogP contribution is 2.35. The Kier molecular flexibility index (Phi) is 4.67. The van der Waals surface area contributed by atoms with Crippen LogP contribution < -0.4 is 0 Å². The predicted octanol–water partition coefficient (Wildman–Crippen LogP) is 3.75. The average molecular weight is 417 g/mol. The van der Waals surface area contributed by atoms with Crippen LogP contribution in [0.25, 0.3) is 44.5 Å². The largest absolute Gasteiger partial charge is 0.380 e. The van der Waals surface area contributed by atoms with E-state index in [1.165, 1.54) is 6.07 Å². The molecule has 0 bridgehead atoms. The first-order chi connectivity index (χ1) is 15.1. The average Bonchev–Trinajstić information content (AvgIpc) is 3.38. The lowest BCUT2D eigenvalue weighted by Gasteiger charge is -2.13. The van der Waals surface area contributed by atoms with Gasteiger partial charge >= 0.3 is 0 Å². The van der Waals surface area contributed by atoms with Crippen LogP contribution in [0.15, 0.2) is 42.9 Å². The number of halogens is 1. The summed E-state index contributed by atoms with van der Waals surface area (Å²) in [6, 6.07) is 8.79. The molecule has 3 aromatic heterocycles. The van der Waals surface area contributed by atoms with Crippen molar-refractivity contribution in [2.75, 3.05) is 7.11 Å². The van der Waals surface area contributed by atoms with Gasteiger partial charge < -0.3 is 9.30 Å². The number of rotatable bonds is 5. The molecule has 8 nitrogen and oxygen atoms in total. The fraction of sp³-hybridized carbons (Fsp3) is 0.227. The van der Waals surface area contributed by atoms with E-state index < -0.39 is 0 Å². The van der Waals surface area contributed by atoms with Crippen LogP contribution >= 0.6 is 0 Å². The highest BCUT2D eigenvalue weighted by molar-refractivity contribution is 5.92. The van der Waals surface area contributed by atoms with Crippen molar-refractivity contribution in [2.45, 2.75) is 20.1 Å². The van der Waals surface area contributed by atoms with E-state index in [1.807, 2.05) is 36.7 Å². The lowest BCUT2D eigenvalue weighted by atomic mass is 9.95. The van der Waals surface area contributed by atoms with Gasteiger partial charge in [0.15, 0.2) is 5.65 Å². The third-order valence-corrected chi connectivity index (χ3v) is 5.49. The topological polar surface area (TPSA) is 83.5 Å². The molecule has 2 aromatic carbocycles. The van der Waals surface area contributed by atoms with Crippen molar-refractivity contribution in [3.63, 3.8) is 0 Å². The first-order valence-corrected chi connectivity index (χ1v) is 9.89. The lowest BCUT2D eigenvalue weighted by molar-refractivity contribution is 0.186. The standard InChI is InChI=1S/C22H20FN7O/c1-4-30-12-24-21-16(10-25-27-22(21)30)13-5-7-18(23)15(9-13)14-6-8-19-20(17(14)11-31-3)26-28-29(19)2/h5-10,12H,4,11H2,1-3H3. The lowest BCUT2D eigenvalue weighted by Crippen LogP contribution is -1.98. The molecular weight excluding hydrogens is 397 g/mol. The third-order valence-electron chi connectivity index (χ3n) is 5.49. The van der Waals surface area contributed by atoms with Crippen molar-refractivity contribution in [3.8, 4) is 22.3 Å². The Morgan fingerprint density at radius 3 is 2.71 bits per heavy atom. The highest BCUT2D eigenvalue weighted by Gasteiger charge is 2.18. The molecule has 0 spiro atoms. The zero-order valence-electron chi connectivity index (χ0n) is 17.4. The molecule has 5 rings (SSSR count). The molecule has 156 valence electrons. The molecule has 3 heterocycles. The number of aryl methyl sites for hydroxylation is 2. The Balaban J connectivity index is 1.72. The van der Waals surface area contributed by atoms with Gasteiger partial charge in [0, 0.05) is 37.4 Å². The molecule has 31 heavy (non-hydrogen) atoms. The van der Waals surface area contributed by atoms with Crippen molar-refractivity contribution in [1.82, 2.24) is 34.7 Å². The number of nitrogens with zero attached hydrogens (tertiary/aromatic N) is 7. The van der Waals surface area contributed by atoms with Crippen molar-refractivity contribution in [3.05, 3.63) is 54.2 Å². The quantitative estimate of drug-likeness (QED) is 0.433. The molecule has 0 saturated carbocycles. The molecule has 0 atom stereocenters. The SMILES string of the molecule is CCn1cnc2c(-c3ccc(F)c(-c4ccc5c(nnn5C)c4COC)c3)cnnc21. The molecule has 0 N–H and O–H groups in total. The van der Waals surface area contributed by atoms with Gasteiger partial charge in [-0.3, -0.25) is 0 Å². The van der Waals surface area contributed by atoms with Crippen LogP contribution in [0.2, 0.25) is 0 Å². The van der Waals surface area contributed by atoms with Gasteiger partial charge in [0.2, 0.25) is 0 Å². The number of fused-ring (bicyclic) bond motifs is 2. The molecule has 0 fully saturated rings. The zero-order chi connectivity index (χ0) is 21.5. The summed E-state index contributed by atoms with van der Waals surface area (Å²) in [6.45, 7) is 3.05. The molecule has 9 heteroatoms. The van der Waals surface area contributed by atoms with Crippen molar-refractivity contribution in [1.29, 1.82) is 0 Å². The Bertz CT molecular complexity index is 1420. The highest BCUT2D eigenvalue weighted by atomic mass is 19.1. The first kappa shape index (κ1) is 19.3. The molecule has 0 aliphatic rings. The second-order valence-electron chi connectivity index (χ2n) is 7.26. The van der Waals surface area contributed by atoms with Crippen LogP contribution in [0.1, 0.15) is 12.5 Å². The maximum Gasteiger partial charge on any atom is 0.183 e. The Morgan fingerprint density at radius 1 is 1.03 bits per heavy atom. The monoisotopic (exact) mass is 417 g/mol. The molecule has 0 saturated heterocycles. The molecule has 0 amide bonds. The number of ether oxygens (including phenoxy) is 1. The van der Waals surface area contributed by atoms with E-state index in [0.717, 1.165) is 34.3 Å². The van der Waals surface area contributed by atoms with E-state index in [1.54, 1.807) is 30.4 Å². The van der Waals surface area contributed by atoms with Crippen LogP contribution in [0.5, 0.6) is 0 Å². The Hall–Kier alpha value is -3.72. The van der Waals surface area contributed by atoms with Gasteiger partial charge in [0.25, 0.3) is 0 Å². The third kappa shape index (κ3) is 3.05. The molecule has 0 aliphatic carbocycles. The van der Waals surface area contributed by atoms with Crippen molar-refractivity contribution in [2.24, 2.45) is 7.05 Å². The van der Waals surface area contributed by atoms with Gasteiger partial charge in [-0.05, 0) is 36.2 Å². The van der Waals surface area contributed by atoms with E-state index >= 15 is 4.39 Å². The van der Waals surface area contributed by atoms with Crippen LogP contribution in [-0.4, -0.2) is 41.9 Å². The van der Waals surface area contributed by atoms with E-state index in [0.29, 0.717) is 22.3 Å². The number of aromatic nitrogens is 7. The minimum absolute atomic E-state index is 0.289. The summed E-state index contributed by atoms with van der Waals surface area (Å²) in [5.74, 6) is -0.332. The van der Waals surface area contributed by atoms with E-state index in [9.17, 15) is 0 Å². The van der Waals surface area contributed by atoms with Crippen molar-refractivity contribution < 1.29 is 9.13 Å². The van der Waals surface area contributed by atoms with Gasteiger partial charge in [-0.25, -0.2) is 14.1 Å². The van der Waals surface area contributed by atoms with Crippen LogP contribution in [0, 0.1) is 5.82 Å². The minimum atomic E-state index is -0.332. The minimum Gasteiger partial charge on any atom is -0.380 e. The number of benzene rings is 2. The van der Waals surface area contributed by atoms with Gasteiger partial charge in [0.05, 0.1) is 24.6 Å². The van der Waals surface area contributed by atoms with Crippen LogP contribution in [0.3, 0.4) is 0 Å². The van der Waals surface area contributed by atoms with Gasteiger partial charge in [0.1, 0.15) is 16.9 Å². The number of methoxy groups -OCH3 is 1. The summed E-state index contributed by atoms with van der Waals surface area (Å²) in [4.78, 5) is 4.51. The molecule has 0 aliphatic heterocycles. The van der Waals surface area contributed by atoms with Crippen LogP contribution in [-0.2, 0) is 24.9 Å². The molecule has 0 radical (unpaired) electrons. The molecule has 5 aromatic rings. The summed E-state index contributed by atoms with van der Waals surface area (Å²) in [6.07, 6.45) is 3.40. The number of hydrogen-bond acceptors (Lipinski definition) is 6. The number of imidazole rings is 1. The van der Waals surface area contributed by atoms with E-state index in [-0.39, 0.29) is 12.4 Å². The van der Waals surface area contributed by atoms with Crippen LogP contribution in [0.4, 0.5) is 4.39 Å². The summed E-state index contributed by atoms with van der Waals surface area (Å²) in [7, 11) is 3.43. The smallest absolute Gasteiger partial charge is 0.183 e. The maximum atomic E-state index is 15.0. The summed E-state index contributed by atoms with van der Waals surface area (Å²) in [5.41, 5.74) is 6.55. The molecule has 0 unspecified atom stereocenters.